The number of amides is 4. The van der Waals surface area contributed by atoms with E-state index >= 15 is 0 Å². The van der Waals surface area contributed by atoms with Crippen LogP contribution in [0.3, 0.4) is 0 Å². The van der Waals surface area contributed by atoms with Gasteiger partial charge in [0.1, 0.15) is 12.1 Å². The van der Waals surface area contributed by atoms with E-state index in [1.807, 2.05) is 24.3 Å². The summed E-state index contributed by atoms with van der Waals surface area (Å²) in [7, 11) is 0. The summed E-state index contributed by atoms with van der Waals surface area (Å²) in [4.78, 5) is 38.8. The van der Waals surface area contributed by atoms with Gasteiger partial charge in [0.05, 0.1) is 15.7 Å². The molecule has 2 aliphatic rings. The van der Waals surface area contributed by atoms with Crippen LogP contribution in [-0.2, 0) is 21.5 Å². The van der Waals surface area contributed by atoms with E-state index in [2.05, 4.69) is 10.6 Å². The predicted octanol–water partition coefficient (Wildman–Crippen LogP) is 3.33. The first-order valence-electron chi connectivity index (χ1n) is 8.39. The summed E-state index contributed by atoms with van der Waals surface area (Å²) >= 11 is 12.0. The van der Waals surface area contributed by atoms with Crippen molar-refractivity contribution < 1.29 is 14.4 Å². The Morgan fingerprint density at radius 1 is 1.15 bits per heavy atom. The first kappa shape index (κ1) is 17.8. The van der Waals surface area contributed by atoms with Crippen LogP contribution < -0.4 is 10.6 Å². The van der Waals surface area contributed by atoms with Crippen LogP contribution in [0.1, 0.15) is 17.5 Å². The molecule has 27 heavy (non-hydrogen) atoms. The predicted molar refractivity (Wildman–Crippen MR) is 102 cm³/mol. The molecule has 0 bridgehead atoms. The Hall–Kier alpha value is -2.57. The summed E-state index contributed by atoms with van der Waals surface area (Å²) in [6.45, 7) is -0.405. The average Bonchev–Trinajstić information content (AvgIpc) is 3.13. The van der Waals surface area contributed by atoms with Gasteiger partial charge in [0.25, 0.3) is 5.91 Å². The van der Waals surface area contributed by atoms with Crippen LogP contribution in [0, 0.1) is 0 Å². The molecule has 0 radical (unpaired) electrons. The van der Waals surface area contributed by atoms with Crippen LogP contribution in [0.5, 0.6) is 0 Å². The molecule has 1 fully saturated rings. The summed E-state index contributed by atoms with van der Waals surface area (Å²) in [5.74, 6) is -0.948. The third-order valence-electron chi connectivity index (χ3n) is 4.95. The number of aryl methyl sites for hydroxylation is 1. The smallest absolute Gasteiger partial charge is 0.323 e. The zero-order valence-electron chi connectivity index (χ0n) is 14.1. The maximum Gasteiger partial charge on any atom is 0.325 e. The largest absolute Gasteiger partial charge is 0.325 e. The molecule has 1 spiro atoms. The number of carbonyl (C=O) groups excluding carboxylic acids is 3. The van der Waals surface area contributed by atoms with Crippen molar-refractivity contribution in [1.82, 2.24) is 10.2 Å². The monoisotopic (exact) mass is 403 g/mol. The van der Waals surface area contributed by atoms with Crippen LogP contribution >= 0.6 is 23.2 Å². The number of anilines is 1. The van der Waals surface area contributed by atoms with Gasteiger partial charge in [-0.1, -0.05) is 53.5 Å². The highest BCUT2D eigenvalue weighted by Gasteiger charge is 2.55. The molecule has 1 unspecified atom stereocenters. The Balaban J connectivity index is 1.54. The minimum atomic E-state index is -1.08. The number of urea groups is 1. The topological polar surface area (TPSA) is 78.5 Å². The van der Waals surface area contributed by atoms with Crippen LogP contribution in [0.4, 0.5) is 10.5 Å². The van der Waals surface area contributed by atoms with Crippen molar-refractivity contribution in [2.75, 3.05) is 11.9 Å². The molecule has 4 amide bonds. The highest BCUT2D eigenvalue weighted by molar-refractivity contribution is 6.44. The second-order valence-electron chi connectivity index (χ2n) is 6.53. The van der Waals surface area contributed by atoms with E-state index in [4.69, 9.17) is 23.2 Å². The molecule has 6 nitrogen and oxygen atoms in total. The molecule has 2 N–H and O–H groups in total. The normalized spacial score (nSPS) is 20.7. The van der Waals surface area contributed by atoms with Crippen molar-refractivity contribution in [2.24, 2.45) is 0 Å². The maximum atomic E-state index is 13.0. The van der Waals surface area contributed by atoms with Crippen LogP contribution in [0.15, 0.2) is 42.5 Å². The molecule has 1 saturated heterocycles. The van der Waals surface area contributed by atoms with Gasteiger partial charge >= 0.3 is 6.03 Å². The molecule has 0 saturated carbocycles. The third-order valence-corrected chi connectivity index (χ3v) is 5.77. The fraction of sp³-hybridized carbons (Fsp3) is 0.211. The van der Waals surface area contributed by atoms with Gasteiger partial charge in [-0.2, -0.15) is 0 Å². The quantitative estimate of drug-likeness (QED) is 0.771. The van der Waals surface area contributed by atoms with E-state index in [0.717, 1.165) is 16.0 Å². The number of nitrogens with zero attached hydrogens (tertiary/aromatic N) is 1. The highest BCUT2D eigenvalue weighted by atomic mass is 35.5. The van der Waals surface area contributed by atoms with E-state index in [1.54, 1.807) is 18.2 Å². The third kappa shape index (κ3) is 2.85. The molecule has 1 atom stereocenters. The fourth-order valence-electron chi connectivity index (χ4n) is 3.67. The van der Waals surface area contributed by atoms with E-state index in [9.17, 15) is 14.4 Å². The molecular formula is C19H15Cl2N3O3. The molecule has 1 aliphatic carbocycles. The van der Waals surface area contributed by atoms with Crippen molar-refractivity contribution in [2.45, 2.75) is 18.4 Å². The molecule has 8 heteroatoms. The molecule has 1 aliphatic heterocycles. The number of nitrogens with one attached hydrogen (secondary N) is 2. The van der Waals surface area contributed by atoms with Crippen LogP contribution in [-0.4, -0.2) is 29.3 Å². The Morgan fingerprint density at radius 2 is 1.93 bits per heavy atom. The minimum absolute atomic E-state index is 0.200. The molecular weight excluding hydrogens is 389 g/mol. The van der Waals surface area contributed by atoms with Crippen LogP contribution in [0.2, 0.25) is 10.0 Å². The lowest BCUT2D eigenvalue weighted by molar-refractivity contribution is -0.134. The number of fused-ring (bicyclic) bond motifs is 2. The van der Waals surface area contributed by atoms with Crippen molar-refractivity contribution in [3.63, 3.8) is 0 Å². The Kier molecular flexibility index (Phi) is 4.32. The number of hydrogen-bond acceptors (Lipinski definition) is 3. The average molecular weight is 404 g/mol. The van der Waals surface area contributed by atoms with E-state index in [-0.39, 0.29) is 5.02 Å². The number of carbonyl (C=O) groups is 3. The molecule has 2 aromatic rings. The minimum Gasteiger partial charge on any atom is -0.323 e. The number of rotatable bonds is 3. The molecule has 1 heterocycles. The Labute approximate surface area is 165 Å². The van der Waals surface area contributed by atoms with Crippen molar-refractivity contribution in [3.05, 3.63) is 63.6 Å². The Morgan fingerprint density at radius 3 is 2.74 bits per heavy atom. The van der Waals surface area contributed by atoms with Gasteiger partial charge in [-0.15, -0.1) is 0 Å². The molecule has 0 aromatic heterocycles. The summed E-state index contributed by atoms with van der Waals surface area (Å²) in [6.07, 6.45) is 1.18. The van der Waals surface area contributed by atoms with Gasteiger partial charge < -0.3 is 10.6 Å². The van der Waals surface area contributed by atoms with E-state index in [0.29, 0.717) is 23.6 Å². The lowest BCUT2D eigenvalue weighted by Gasteiger charge is -2.22. The fourth-order valence-corrected chi connectivity index (χ4v) is 4.01. The van der Waals surface area contributed by atoms with Gasteiger partial charge in [-0.25, -0.2) is 4.79 Å². The number of hydrogen-bond donors (Lipinski definition) is 2. The van der Waals surface area contributed by atoms with E-state index < -0.39 is 29.9 Å². The Bertz CT molecular complexity index is 978. The second-order valence-corrected chi connectivity index (χ2v) is 7.32. The number of halogens is 2. The lowest BCUT2D eigenvalue weighted by Crippen LogP contribution is -2.43. The number of benzene rings is 2. The van der Waals surface area contributed by atoms with Gasteiger partial charge in [-0.05, 0) is 36.1 Å². The second kappa shape index (κ2) is 6.55. The van der Waals surface area contributed by atoms with Gasteiger partial charge in [0.15, 0.2) is 0 Å². The zero-order chi connectivity index (χ0) is 19.2. The summed E-state index contributed by atoms with van der Waals surface area (Å²) in [6, 6.07) is 11.8. The van der Waals surface area contributed by atoms with Gasteiger partial charge in [0, 0.05) is 0 Å². The molecule has 138 valence electrons. The van der Waals surface area contributed by atoms with Crippen molar-refractivity contribution in [1.29, 1.82) is 0 Å². The highest BCUT2D eigenvalue weighted by Crippen LogP contribution is 2.41. The van der Waals surface area contributed by atoms with Crippen molar-refractivity contribution >= 4 is 46.7 Å². The van der Waals surface area contributed by atoms with Gasteiger partial charge in [0.2, 0.25) is 5.91 Å². The van der Waals surface area contributed by atoms with E-state index in [1.165, 1.54) is 0 Å². The van der Waals surface area contributed by atoms with Crippen LogP contribution in [0.25, 0.3) is 0 Å². The summed E-state index contributed by atoms with van der Waals surface area (Å²) in [5.41, 5.74) is 1.07. The first-order valence-corrected chi connectivity index (χ1v) is 9.14. The summed E-state index contributed by atoms with van der Waals surface area (Å²) < 4.78 is 0. The first-order chi connectivity index (χ1) is 12.9. The molecule has 2 aromatic carbocycles. The zero-order valence-corrected chi connectivity index (χ0v) is 15.6. The molecule has 4 rings (SSSR count). The standard InChI is InChI=1S/C19H15Cl2N3O3/c20-13-6-3-7-14(16(13)21)22-15(25)10-24-17(26)19(23-18(24)27)9-8-11-4-1-2-5-12(11)19/h1-7H,8-10H2,(H,22,25)(H,23,27). The summed E-state index contributed by atoms with van der Waals surface area (Å²) in [5, 5.41) is 5.87. The van der Waals surface area contributed by atoms with Gasteiger partial charge in [-0.3, -0.25) is 14.5 Å². The lowest BCUT2D eigenvalue weighted by atomic mass is 9.92. The SMILES string of the molecule is O=C(CN1C(=O)NC2(CCc3ccccc32)C1=O)Nc1cccc(Cl)c1Cl. The van der Waals surface area contributed by atoms with Crippen molar-refractivity contribution in [3.8, 4) is 0 Å². The maximum absolute atomic E-state index is 13.0. The number of imide groups is 1.